The summed E-state index contributed by atoms with van der Waals surface area (Å²) in [5, 5.41) is 12.9. The van der Waals surface area contributed by atoms with Crippen LogP contribution in [-0.2, 0) is 0 Å². The number of benzene rings is 1. The molecule has 3 nitrogen and oxygen atoms in total. The van der Waals surface area contributed by atoms with Gasteiger partial charge in [-0.2, -0.15) is 0 Å². The van der Waals surface area contributed by atoms with E-state index in [1.807, 2.05) is 0 Å². The maximum atomic E-state index is 9.42. The number of rotatable bonds is 5. The predicted octanol–water partition coefficient (Wildman–Crippen LogP) is 2.96. The number of aliphatic hydroxyl groups excluding tert-OH is 1. The third kappa shape index (κ3) is 3.87. The van der Waals surface area contributed by atoms with Crippen molar-refractivity contribution in [2.75, 3.05) is 37.5 Å². The first-order valence-electron chi connectivity index (χ1n) is 7.33. The molecule has 2 unspecified atom stereocenters. The van der Waals surface area contributed by atoms with Gasteiger partial charge in [-0.25, -0.2) is 0 Å². The van der Waals surface area contributed by atoms with Gasteiger partial charge in [0.1, 0.15) is 0 Å². The van der Waals surface area contributed by atoms with Gasteiger partial charge in [0, 0.05) is 38.6 Å². The lowest BCUT2D eigenvalue weighted by Crippen LogP contribution is -2.28. The number of hydrogen-bond acceptors (Lipinski definition) is 3. The summed E-state index contributed by atoms with van der Waals surface area (Å²) in [4.78, 5) is 2.10. The molecule has 1 aliphatic carbocycles. The van der Waals surface area contributed by atoms with Crippen LogP contribution in [0.5, 0.6) is 0 Å². The summed E-state index contributed by atoms with van der Waals surface area (Å²) in [6.07, 6.45) is 5.01. The van der Waals surface area contributed by atoms with E-state index < -0.39 is 0 Å². The Morgan fingerprint density at radius 2 is 1.74 bits per heavy atom. The molecule has 2 atom stereocenters. The number of nitrogens with zero attached hydrogens (tertiary/aromatic N) is 1. The largest absolute Gasteiger partial charge is 0.396 e. The van der Waals surface area contributed by atoms with Crippen LogP contribution in [0.2, 0.25) is 0 Å². The van der Waals surface area contributed by atoms with Gasteiger partial charge in [-0.1, -0.05) is 12.8 Å². The van der Waals surface area contributed by atoms with E-state index in [1.165, 1.54) is 37.1 Å². The third-order valence-corrected chi connectivity index (χ3v) is 4.25. The van der Waals surface area contributed by atoms with E-state index in [0.717, 1.165) is 6.54 Å². The van der Waals surface area contributed by atoms with Crippen molar-refractivity contribution in [2.24, 2.45) is 11.8 Å². The second kappa shape index (κ2) is 6.80. The van der Waals surface area contributed by atoms with E-state index in [9.17, 15) is 5.11 Å². The Hall–Kier alpha value is -1.22. The molecule has 1 aliphatic rings. The highest BCUT2D eigenvalue weighted by Gasteiger charge is 2.23. The van der Waals surface area contributed by atoms with E-state index in [0.29, 0.717) is 18.4 Å². The van der Waals surface area contributed by atoms with Crippen LogP contribution < -0.4 is 10.2 Å². The fourth-order valence-electron chi connectivity index (χ4n) is 2.92. The van der Waals surface area contributed by atoms with Crippen LogP contribution >= 0.6 is 0 Å². The standard InChI is InChI=1S/C16H26N2O/c1-18(2)16-9-7-15(8-10-16)17-11-13-5-3-4-6-14(13)12-19/h7-10,13-14,17,19H,3-6,11-12H2,1-2H3. The van der Waals surface area contributed by atoms with E-state index in [-0.39, 0.29) is 0 Å². The van der Waals surface area contributed by atoms with Crippen molar-refractivity contribution in [1.29, 1.82) is 0 Å². The van der Waals surface area contributed by atoms with Crippen molar-refractivity contribution < 1.29 is 5.11 Å². The Kier molecular flexibility index (Phi) is 5.08. The molecule has 2 rings (SSSR count). The second-order valence-corrected chi connectivity index (χ2v) is 5.81. The maximum Gasteiger partial charge on any atom is 0.0462 e. The molecule has 0 bridgehead atoms. The number of anilines is 2. The molecule has 0 radical (unpaired) electrons. The van der Waals surface area contributed by atoms with Gasteiger partial charge in [0.05, 0.1) is 0 Å². The van der Waals surface area contributed by atoms with Gasteiger partial charge >= 0.3 is 0 Å². The highest BCUT2D eigenvalue weighted by atomic mass is 16.3. The fourth-order valence-corrected chi connectivity index (χ4v) is 2.92. The smallest absolute Gasteiger partial charge is 0.0462 e. The lowest BCUT2D eigenvalue weighted by atomic mass is 9.79. The zero-order valence-corrected chi connectivity index (χ0v) is 12.1. The Morgan fingerprint density at radius 1 is 1.11 bits per heavy atom. The first-order chi connectivity index (χ1) is 9.20. The topological polar surface area (TPSA) is 35.5 Å². The van der Waals surface area contributed by atoms with Gasteiger partial charge in [-0.05, 0) is 48.9 Å². The van der Waals surface area contributed by atoms with E-state index in [2.05, 4.69) is 48.6 Å². The Morgan fingerprint density at radius 3 is 2.32 bits per heavy atom. The highest BCUT2D eigenvalue weighted by Crippen LogP contribution is 2.30. The third-order valence-electron chi connectivity index (χ3n) is 4.25. The first kappa shape index (κ1) is 14.2. The van der Waals surface area contributed by atoms with Crippen LogP contribution in [0.4, 0.5) is 11.4 Å². The predicted molar refractivity (Wildman–Crippen MR) is 81.8 cm³/mol. The van der Waals surface area contributed by atoms with Crippen LogP contribution in [-0.4, -0.2) is 32.4 Å². The van der Waals surface area contributed by atoms with E-state index in [4.69, 9.17) is 0 Å². The molecule has 0 spiro atoms. The summed E-state index contributed by atoms with van der Waals surface area (Å²) < 4.78 is 0. The molecule has 1 aromatic carbocycles. The van der Waals surface area contributed by atoms with Crippen molar-refractivity contribution in [3.63, 3.8) is 0 Å². The quantitative estimate of drug-likeness (QED) is 0.856. The summed E-state index contributed by atoms with van der Waals surface area (Å²) in [6, 6.07) is 8.53. The zero-order valence-electron chi connectivity index (χ0n) is 12.1. The van der Waals surface area contributed by atoms with Crippen molar-refractivity contribution in [3.8, 4) is 0 Å². The van der Waals surface area contributed by atoms with Crippen LogP contribution in [0, 0.1) is 11.8 Å². The minimum Gasteiger partial charge on any atom is -0.396 e. The molecule has 1 fully saturated rings. The summed E-state index contributed by atoms with van der Waals surface area (Å²) in [6.45, 7) is 1.32. The molecule has 0 amide bonds. The number of nitrogens with one attached hydrogen (secondary N) is 1. The summed E-state index contributed by atoms with van der Waals surface area (Å²) in [7, 11) is 4.10. The Balaban J connectivity index is 1.87. The highest BCUT2D eigenvalue weighted by molar-refractivity contribution is 5.54. The minimum absolute atomic E-state index is 0.339. The van der Waals surface area contributed by atoms with Gasteiger partial charge in [0.25, 0.3) is 0 Å². The SMILES string of the molecule is CN(C)c1ccc(NCC2CCCCC2CO)cc1. The lowest BCUT2D eigenvalue weighted by molar-refractivity contribution is 0.141. The molecule has 1 saturated carbocycles. The molecule has 2 N–H and O–H groups in total. The Labute approximate surface area is 116 Å². The molecular formula is C16H26N2O. The van der Waals surface area contributed by atoms with Crippen molar-refractivity contribution in [3.05, 3.63) is 24.3 Å². The van der Waals surface area contributed by atoms with Crippen LogP contribution in [0.3, 0.4) is 0 Å². The molecule has 19 heavy (non-hydrogen) atoms. The average molecular weight is 262 g/mol. The first-order valence-corrected chi connectivity index (χ1v) is 7.33. The Bertz CT molecular complexity index is 375. The molecule has 0 heterocycles. The molecule has 0 saturated heterocycles. The molecule has 106 valence electrons. The molecule has 3 heteroatoms. The lowest BCUT2D eigenvalue weighted by Gasteiger charge is -2.30. The van der Waals surface area contributed by atoms with Crippen LogP contribution in [0.25, 0.3) is 0 Å². The number of hydrogen-bond donors (Lipinski definition) is 2. The van der Waals surface area contributed by atoms with Gasteiger partial charge in [0.2, 0.25) is 0 Å². The van der Waals surface area contributed by atoms with Gasteiger partial charge < -0.3 is 15.3 Å². The van der Waals surface area contributed by atoms with Gasteiger partial charge in [0.15, 0.2) is 0 Å². The second-order valence-electron chi connectivity index (χ2n) is 5.81. The molecule has 0 aliphatic heterocycles. The maximum absolute atomic E-state index is 9.42. The summed E-state index contributed by atoms with van der Waals surface area (Å²) in [5.74, 6) is 1.11. The molecule has 0 aromatic heterocycles. The van der Waals surface area contributed by atoms with Crippen LogP contribution in [0.1, 0.15) is 25.7 Å². The van der Waals surface area contributed by atoms with Crippen molar-refractivity contribution in [1.82, 2.24) is 0 Å². The van der Waals surface area contributed by atoms with Gasteiger partial charge in [-0.15, -0.1) is 0 Å². The number of aliphatic hydroxyl groups is 1. The average Bonchev–Trinajstić information content (AvgIpc) is 2.45. The normalized spacial score (nSPS) is 23.1. The van der Waals surface area contributed by atoms with Crippen molar-refractivity contribution >= 4 is 11.4 Å². The van der Waals surface area contributed by atoms with E-state index >= 15 is 0 Å². The summed E-state index contributed by atoms with van der Waals surface area (Å²) in [5.41, 5.74) is 2.39. The van der Waals surface area contributed by atoms with E-state index in [1.54, 1.807) is 0 Å². The zero-order chi connectivity index (χ0) is 13.7. The fraction of sp³-hybridized carbons (Fsp3) is 0.625. The molecule has 1 aromatic rings. The van der Waals surface area contributed by atoms with Crippen LogP contribution in [0.15, 0.2) is 24.3 Å². The minimum atomic E-state index is 0.339. The van der Waals surface area contributed by atoms with Crippen molar-refractivity contribution in [2.45, 2.75) is 25.7 Å². The monoisotopic (exact) mass is 262 g/mol. The molecular weight excluding hydrogens is 236 g/mol. The summed E-state index contributed by atoms with van der Waals surface area (Å²) >= 11 is 0. The van der Waals surface area contributed by atoms with Gasteiger partial charge in [-0.3, -0.25) is 0 Å².